The van der Waals surface area contributed by atoms with Crippen LogP contribution in [0.5, 0.6) is 23.0 Å². The average molecular weight is 587 g/mol. The van der Waals surface area contributed by atoms with Gasteiger partial charge >= 0.3 is 11.9 Å². The van der Waals surface area contributed by atoms with Gasteiger partial charge in [-0.25, -0.2) is 9.59 Å². The van der Waals surface area contributed by atoms with Crippen molar-refractivity contribution in [3.63, 3.8) is 0 Å². The minimum Gasteiger partial charge on any atom is -0.491 e. The summed E-state index contributed by atoms with van der Waals surface area (Å²) in [5, 5.41) is 19.2. The Morgan fingerprint density at radius 3 is 1.16 bits per heavy atom. The monoisotopic (exact) mass is 586 g/mol. The molecule has 0 aliphatic rings. The first-order valence-corrected chi connectivity index (χ1v) is 13.8. The maximum atomic E-state index is 12.4. The molecular formula is C34H34O9. The molecule has 4 aromatic rings. The van der Waals surface area contributed by atoms with Gasteiger partial charge in [0.25, 0.3) is 0 Å². The number of carbonyl (C=O) groups is 2. The van der Waals surface area contributed by atoms with E-state index in [1.807, 2.05) is 0 Å². The predicted octanol–water partition coefficient (Wildman–Crippen LogP) is 5.71. The number of rotatable bonds is 14. The number of benzene rings is 4. The summed E-state index contributed by atoms with van der Waals surface area (Å²) in [6.45, 7) is 4.66. The summed E-state index contributed by atoms with van der Waals surface area (Å²) in [5.74, 6) is 0.986. The zero-order valence-corrected chi connectivity index (χ0v) is 24.0. The molecule has 0 amide bonds. The van der Waals surface area contributed by atoms with Crippen molar-refractivity contribution in [2.75, 3.05) is 26.4 Å². The van der Waals surface area contributed by atoms with E-state index in [1.54, 1.807) is 111 Å². The Morgan fingerprint density at radius 2 is 0.837 bits per heavy atom. The fourth-order valence-electron chi connectivity index (χ4n) is 3.87. The lowest BCUT2D eigenvalue weighted by Crippen LogP contribution is -2.12. The summed E-state index contributed by atoms with van der Waals surface area (Å²) in [7, 11) is 0. The van der Waals surface area contributed by atoms with E-state index in [0.29, 0.717) is 60.6 Å². The third-order valence-electron chi connectivity index (χ3n) is 6.32. The van der Waals surface area contributed by atoms with E-state index < -0.39 is 24.1 Å². The SMILES string of the molecule is CC(O)c1ccc(OC(=O)c2ccc(OCCOCCOc3ccc(C(=O)Oc4ccc(C(C)O)cc4)cc3)cc2)cc1. The van der Waals surface area contributed by atoms with Crippen molar-refractivity contribution < 1.29 is 43.5 Å². The third kappa shape index (κ3) is 9.68. The first-order valence-electron chi connectivity index (χ1n) is 13.8. The van der Waals surface area contributed by atoms with Gasteiger partial charge in [0.15, 0.2) is 0 Å². The average Bonchev–Trinajstić information content (AvgIpc) is 3.01. The zero-order valence-electron chi connectivity index (χ0n) is 24.0. The molecule has 224 valence electrons. The molecule has 2 N–H and O–H groups in total. The van der Waals surface area contributed by atoms with Crippen LogP contribution < -0.4 is 18.9 Å². The van der Waals surface area contributed by atoms with E-state index in [-0.39, 0.29) is 0 Å². The number of aliphatic hydroxyl groups excluding tert-OH is 2. The summed E-state index contributed by atoms with van der Waals surface area (Å²) in [6, 6.07) is 26.6. The van der Waals surface area contributed by atoms with Gasteiger partial charge in [0.2, 0.25) is 0 Å². The molecule has 0 fully saturated rings. The highest BCUT2D eigenvalue weighted by Gasteiger charge is 2.11. The Kier molecular flexibility index (Phi) is 11.3. The maximum Gasteiger partial charge on any atom is 0.343 e. The van der Waals surface area contributed by atoms with Crippen molar-refractivity contribution in [2.24, 2.45) is 0 Å². The second kappa shape index (κ2) is 15.5. The van der Waals surface area contributed by atoms with Crippen LogP contribution in [-0.4, -0.2) is 48.6 Å². The lowest BCUT2D eigenvalue weighted by Gasteiger charge is -2.10. The highest BCUT2D eigenvalue weighted by Crippen LogP contribution is 2.21. The molecule has 43 heavy (non-hydrogen) atoms. The quantitative estimate of drug-likeness (QED) is 0.109. The minimum absolute atomic E-state index is 0.317. The molecule has 4 rings (SSSR count). The lowest BCUT2D eigenvalue weighted by atomic mass is 10.1. The third-order valence-corrected chi connectivity index (χ3v) is 6.32. The minimum atomic E-state index is -0.589. The Labute approximate surface area is 250 Å². The molecule has 0 heterocycles. The van der Waals surface area contributed by atoms with E-state index in [9.17, 15) is 19.8 Å². The second-order valence-electron chi connectivity index (χ2n) is 9.63. The largest absolute Gasteiger partial charge is 0.491 e. The number of carbonyl (C=O) groups excluding carboxylic acids is 2. The van der Waals surface area contributed by atoms with Crippen molar-refractivity contribution in [2.45, 2.75) is 26.1 Å². The molecule has 4 aromatic carbocycles. The van der Waals surface area contributed by atoms with Gasteiger partial charge in [0.1, 0.15) is 36.2 Å². The van der Waals surface area contributed by atoms with Gasteiger partial charge in [-0.05, 0) is 97.8 Å². The summed E-state index contributed by atoms with van der Waals surface area (Å²) >= 11 is 0. The summed E-state index contributed by atoms with van der Waals surface area (Å²) in [4.78, 5) is 24.8. The highest BCUT2D eigenvalue weighted by molar-refractivity contribution is 5.91. The van der Waals surface area contributed by atoms with Gasteiger partial charge in [0.05, 0.1) is 36.5 Å². The van der Waals surface area contributed by atoms with Crippen molar-refractivity contribution >= 4 is 11.9 Å². The van der Waals surface area contributed by atoms with Gasteiger partial charge in [-0.2, -0.15) is 0 Å². The fraction of sp³-hybridized carbons (Fsp3) is 0.235. The Bertz CT molecular complexity index is 1330. The first kappa shape index (κ1) is 31.2. The molecule has 0 aliphatic carbocycles. The number of hydrogen-bond acceptors (Lipinski definition) is 9. The van der Waals surface area contributed by atoms with Crippen LogP contribution in [0.1, 0.15) is 57.9 Å². The molecule has 0 saturated heterocycles. The molecule has 9 nitrogen and oxygen atoms in total. The van der Waals surface area contributed by atoms with Crippen LogP contribution in [0.25, 0.3) is 0 Å². The van der Waals surface area contributed by atoms with E-state index in [4.69, 9.17) is 23.7 Å². The van der Waals surface area contributed by atoms with Gasteiger partial charge in [-0.3, -0.25) is 0 Å². The van der Waals surface area contributed by atoms with Crippen LogP contribution in [0, 0.1) is 0 Å². The van der Waals surface area contributed by atoms with Crippen LogP contribution in [0.3, 0.4) is 0 Å². The summed E-state index contributed by atoms with van der Waals surface area (Å²) < 4.78 is 27.6. The fourth-order valence-corrected chi connectivity index (χ4v) is 3.87. The van der Waals surface area contributed by atoms with Crippen molar-refractivity contribution in [3.05, 3.63) is 119 Å². The van der Waals surface area contributed by atoms with E-state index >= 15 is 0 Å². The topological polar surface area (TPSA) is 121 Å². The Hall–Kier alpha value is -4.70. The lowest BCUT2D eigenvalue weighted by molar-refractivity contribution is 0.0725. The van der Waals surface area contributed by atoms with E-state index in [1.165, 1.54) is 0 Å². The number of aliphatic hydroxyl groups is 2. The normalized spacial score (nSPS) is 12.2. The van der Waals surface area contributed by atoms with Crippen molar-refractivity contribution in [1.82, 2.24) is 0 Å². The van der Waals surface area contributed by atoms with Crippen LogP contribution in [-0.2, 0) is 4.74 Å². The molecular weight excluding hydrogens is 552 g/mol. The predicted molar refractivity (Wildman–Crippen MR) is 159 cm³/mol. The molecule has 2 atom stereocenters. The molecule has 0 aliphatic heterocycles. The number of hydrogen-bond donors (Lipinski definition) is 2. The van der Waals surface area contributed by atoms with Crippen LogP contribution >= 0.6 is 0 Å². The van der Waals surface area contributed by atoms with Gasteiger partial charge in [-0.15, -0.1) is 0 Å². The molecule has 0 bridgehead atoms. The van der Waals surface area contributed by atoms with Gasteiger partial charge < -0.3 is 33.9 Å². The molecule has 9 heteroatoms. The Morgan fingerprint density at radius 1 is 0.512 bits per heavy atom. The molecule has 0 spiro atoms. The van der Waals surface area contributed by atoms with Gasteiger partial charge in [-0.1, -0.05) is 24.3 Å². The zero-order chi connectivity index (χ0) is 30.6. The van der Waals surface area contributed by atoms with Crippen LogP contribution in [0.2, 0.25) is 0 Å². The van der Waals surface area contributed by atoms with Crippen LogP contribution in [0.4, 0.5) is 0 Å². The van der Waals surface area contributed by atoms with E-state index in [0.717, 1.165) is 11.1 Å². The number of ether oxygens (including phenoxy) is 5. The smallest absolute Gasteiger partial charge is 0.343 e. The molecule has 2 unspecified atom stereocenters. The summed E-state index contributed by atoms with van der Waals surface area (Å²) in [5.41, 5.74) is 2.24. The molecule has 0 saturated carbocycles. The highest BCUT2D eigenvalue weighted by atomic mass is 16.5. The van der Waals surface area contributed by atoms with Crippen LogP contribution in [0.15, 0.2) is 97.1 Å². The second-order valence-corrected chi connectivity index (χ2v) is 9.63. The number of esters is 2. The van der Waals surface area contributed by atoms with E-state index in [2.05, 4.69) is 0 Å². The van der Waals surface area contributed by atoms with Crippen molar-refractivity contribution in [1.29, 1.82) is 0 Å². The Balaban J connectivity index is 1.09. The summed E-state index contributed by atoms with van der Waals surface area (Å²) in [6.07, 6.45) is -1.18. The molecule has 0 radical (unpaired) electrons. The maximum absolute atomic E-state index is 12.4. The standard InChI is InChI=1S/C34H34O9/c1-23(35)25-3-15-31(16-4-25)42-33(37)27-7-11-29(12-8-27)40-21-19-39-20-22-41-30-13-9-28(10-14-30)34(38)43-32-17-5-26(6-18-32)24(2)36/h3-18,23-24,35-36H,19-22H2,1-2H3. The van der Waals surface area contributed by atoms with Crippen molar-refractivity contribution in [3.8, 4) is 23.0 Å². The van der Waals surface area contributed by atoms with Gasteiger partial charge in [0, 0.05) is 0 Å². The first-order chi connectivity index (χ1) is 20.8. The molecule has 0 aromatic heterocycles.